The number of nitrogens with zero attached hydrogens (tertiary/aromatic N) is 3. The van der Waals surface area contributed by atoms with Crippen molar-refractivity contribution in [1.82, 2.24) is 9.55 Å². The van der Waals surface area contributed by atoms with Crippen LogP contribution in [-0.2, 0) is 6.54 Å². The molecule has 1 aliphatic rings. The van der Waals surface area contributed by atoms with Gasteiger partial charge >= 0.3 is 0 Å². The topological polar surface area (TPSA) is 73.0 Å². The minimum atomic E-state index is -0.352. The molecular formula is C14H16N4O2. The van der Waals surface area contributed by atoms with Crippen molar-refractivity contribution in [1.29, 1.82) is 0 Å². The van der Waals surface area contributed by atoms with Crippen molar-refractivity contribution in [2.45, 2.75) is 32.4 Å². The van der Waals surface area contributed by atoms with Crippen molar-refractivity contribution >= 4 is 11.4 Å². The standard InChI is InChI=1S/C14H16N4O2/c1-10-13(3-2-4-14(10)18(19)20)16-8-12-7-15-9-17(12)11-5-6-11/h2-4,7,9,11,16H,5-6,8H2,1H3. The van der Waals surface area contributed by atoms with Gasteiger partial charge in [-0.25, -0.2) is 4.98 Å². The minimum absolute atomic E-state index is 0.144. The molecule has 6 heteroatoms. The molecule has 0 spiro atoms. The van der Waals surface area contributed by atoms with E-state index in [1.807, 2.05) is 18.6 Å². The maximum absolute atomic E-state index is 10.9. The van der Waals surface area contributed by atoms with Gasteiger partial charge < -0.3 is 9.88 Å². The molecule has 1 N–H and O–H groups in total. The number of nitro benzene ring substituents is 1. The Morgan fingerprint density at radius 3 is 3.00 bits per heavy atom. The number of aromatic nitrogens is 2. The monoisotopic (exact) mass is 272 g/mol. The molecule has 0 saturated heterocycles. The summed E-state index contributed by atoms with van der Waals surface area (Å²) in [4.78, 5) is 14.7. The molecule has 2 aromatic rings. The van der Waals surface area contributed by atoms with Crippen LogP contribution in [0.3, 0.4) is 0 Å². The highest BCUT2D eigenvalue weighted by atomic mass is 16.6. The molecule has 104 valence electrons. The fraction of sp³-hybridized carbons (Fsp3) is 0.357. The largest absolute Gasteiger partial charge is 0.379 e. The van der Waals surface area contributed by atoms with E-state index in [2.05, 4.69) is 14.9 Å². The van der Waals surface area contributed by atoms with E-state index in [0.29, 0.717) is 18.2 Å². The third-order valence-corrected chi connectivity index (χ3v) is 3.65. The van der Waals surface area contributed by atoms with Gasteiger partial charge in [-0.15, -0.1) is 0 Å². The SMILES string of the molecule is Cc1c(NCc2cncn2C2CC2)cccc1[N+](=O)[O-]. The van der Waals surface area contributed by atoms with Crippen LogP contribution in [0.5, 0.6) is 0 Å². The lowest BCUT2D eigenvalue weighted by molar-refractivity contribution is -0.385. The summed E-state index contributed by atoms with van der Waals surface area (Å²) in [6.07, 6.45) is 6.12. The third-order valence-electron chi connectivity index (χ3n) is 3.65. The first-order valence-electron chi connectivity index (χ1n) is 6.65. The number of benzene rings is 1. The van der Waals surface area contributed by atoms with E-state index in [4.69, 9.17) is 0 Å². The molecule has 1 aromatic carbocycles. The van der Waals surface area contributed by atoms with Crippen LogP contribution >= 0.6 is 0 Å². The molecule has 0 unspecified atom stereocenters. The molecule has 20 heavy (non-hydrogen) atoms. The van der Waals surface area contributed by atoms with E-state index in [0.717, 1.165) is 11.4 Å². The Balaban J connectivity index is 1.76. The van der Waals surface area contributed by atoms with Gasteiger partial charge in [0.2, 0.25) is 0 Å². The maximum Gasteiger partial charge on any atom is 0.274 e. The highest BCUT2D eigenvalue weighted by molar-refractivity contribution is 5.59. The maximum atomic E-state index is 10.9. The van der Waals surface area contributed by atoms with Gasteiger partial charge in [0, 0.05) is 29.6 Å². The number of hydrogen-bond acceptors (Lipinski definition) is 4. The fourth-order valence-electron chi connectivity index (χ4n) is 2.35. The number of nitro groups is 1. The average molecular weight is 272 g/mol. The molecule has 1 heterocycles. The predicted octanol–water partition coefficient (Wildman–Crippen LogP) is 3.05. The lowest BCUT2D eigenvalue weighted by atomic mass is 10.1. The predicted molar refractivity (Wildman–Crippen MR) is 75.7 cm³/mol. The molecule has 1 saturated carbocycles. The first-order chi connectivity index (χ1) is 9.66. The van der Waals surface area contributed by atoms with E-state index in [-0.39, 0.29) is 10.6 Å². The van der Waals surface area contributed by atoms with Crippen molar-refractivity contribution in [2.75, 3.05) is 5.32 Å². The molecular weight excluding hydrogens is 256 g/mol. The Kier molecular flexibility index (Phi) is 3.14. The van der Waals surface area contributed by atoms with E-state index in [1.54, 1.807) is 13.0 Å². The molecule has 0 atom stereocenters. The molecule has 0 aliphatic heterocycles. The molecule has 1 aromatic heterocycles. The summed E-state index contributed by atoms with van der Waals surface area (Å²) < 4.78 is 2.18. The summed E-state index contributed by atoms with van der Waals surface area (Å²) in [5, 5.41) is 14.2. The first kappa shape index (κ1) is 12.7. The highest BCUT2D eigenvalue weighted by Crippen LogP contribution is 2.35. The summed E-state index contributed by atoms with van der Waals surface area (Å²) in [6, 6.07) is 5.67. The number of rotatable bonds is 5. The summed E-state index contributed by atoms with van der Waals surface area (Å²) in [6.45, 7) is 2.39. The Bertz CT molecular complexity index is 646. The number of nitrogens with one attached hydrogen (secondary N) is 1. The van der Waals surface area contributed by atoms with Crippen LogP contribution in [0, 0.1) is 17.0 Å². The molecule has 0 amide bonds. The van der Waals surface area contributed by atoms with Crippen LogP contribution in [0.15, 0.2) is 30.7 Å². The van der Waals surface area contributed by atoms with E-state index in [1.165, 1.54) is 18.9 Å². The second kappa shape index (κ2) is 4.96. The third kappa shape index (κ3) is 2.36. The first-order valence-corrected chi connectivity index (χ1v) is 6.65. The smallest absolute Gasteiger partial charge is 0.274 e. The molecule has 0 radical (unpaired) electrons. The van der Waals surface area contributed by atoms with Crippen LogP contribution in [0.4, 0.5) is 11.4 Å². The number of anilines is 1. The second-order valence-electron chi connectivity index (χ2n) is 5.08. The van der Waals surface area contributed by atoms with Crippen molar-refractivity contribution in [3.05, 3.63) is 52.1 Å². The number of imidazole rings is 1. The van der Waals surface area contributed by atoms with Gasteiger partial charge in [0.15, 0.2) is 0 Å². The van der Waals surface area contributed by atoms with Crippen molar-refractivity contribution in [2.24, 2.45) is 0 Å². The van der Waals surface area contributed by atoms with E-state index < -0.39 is 0 Å². The Hall–Kier alpha value is -2.37. The van der Waals surface area contributed by atoms with Gasteiger partial charge in [-0.1, -0.05) is 6.07 Å². The zero-order chi connectivity index (χ0) is 14.1. The fourth-order valence-corrected chi connectivity index (χ4v) is 2.35. The van der Waals surface area contributed by atoms with Crippen molar-refractivity contribution in [3.8, 4) is 0 Å². The summed E-state index contributed by atoms with van der Waals surface area (Å²) in [5.41, 5.74) is 2.71. The van der Waals surface area contributed by atoms with Crippen molar-refractivity contribution in [3.63, 3.8) is 0 Å². The molecule has 0 bridgehead atoms. The molecule has 6 nitrogen and oxygen atoms in total. The van der Waals surface area contributed by atoms with Gasteiger partial charge in [0.05, 0.1) is 23.5 Å². The van der Waals surface area contributed by atoms with E-state index in [9.17, 15) is 10.1 Å². The van der Waals surface area contributed by atoms with Crippen molar-refractivity contribution < 1.29 is 4.92 Å². The molecule has 1 aliphatic carbocycles. The highest BCUT2D eigenvalue weighted by Gasteiger charge is 2.25. The minimum Gasteiger partial charge on any atom is -0.379 e. The van der Waals surface area contributed by atoms with Crippen LogP contribution in [-0.4, -0.2) is 14.5 Å². The van der Waals surface area contributed by atoms with Crippen LogP contribution in [0.25, 0.3) is 0 Å². The van der Waals surface area contributed by atoms with Crippen LogP contribution in [0.1, 0.15) is 30.1 Å². The Morgan fingerprint density at radius 1 is 1.50 bits per heavy atom. The quantitative estimate of drug-likeness (QED) is 0.670. The molecule has 1 fully saturated rings. The van der Waals surface area contributed by atoms with Gasteiger partial charge in [-0.2, -0.15) is 0 Å². The van der Waals surface area contributed by atoms with Crippen LogP contribution in [0.2, 0.25) is 0 Å². The zero-order valence-electron chi connectivity index (χ0n) is 11.2. The Morgan fingerprint density at radius 2 is 2.30 bits per heavy atom. The van der Waals surface area contributed by atoms with Gasteiger partial charge in [0.1, 0.15) is 0 Å². The summed E-state index contributed by atoms with van der Waals surface area (Å²) in [7, 11) is 0. The zero-order valence-corrected chi connectivity index (χ0v) is 11.2. The normalized spacial score (nSPS) is 14.2. The lowest BCUT2D eigenvalue weighted by Crippen LogP contribution is -2.07. The van der Waals surface area contributed by atoms with E-state index >= 15 is 0 Å². The molecule has 3 rings (SSSR count). The number of hydrogen-bond donors (Lipinski definition) is 1. The van der Waals surface area contributed by atoms with Crippen LogP contribution < -0.4 is 5.32 Å². The Labute approximate surface area is 116 Å². The summed E-state index contributed by atoms with van der Waals surface area (Å²) >= 11 is 0. The van der Waals surface area contributed by atoms with Gasteiger partial charge in [-0.3, -0.25) is 10.1 Å². The average Bonchev–Trinajstić information content (AvgIpc) is 3.16. The van der Waals surface area contributed by atoms with Gasteiger partial charge in [-0.05, 0) is 25.8 Å². The second-order valence-corrected chi connectivity index (χ2v) is 5.08. The van der Waals surface area contributed by atoms with Gasteiger partial charge in [0.25, 0.3) is 5.69 Å². The lowest BCUT2D eigenvalue weighted by Gasteiger charge is -2.11. The summed E-state index contributed by atoms with van der Waals surface area (Å²) in [5.74, 6) is 0.